The van der Waals surface area contributed by atoms with Gasteiger partial charge in [-0.1, -0.05) is 29.8 Å². The number of halogens is 1. The maximum absolute atomic E-state index is 12.0. The molecule has 0 atom stereocenters. The number of nitrogens with one attached hydrogen (secondary N) is 2. The van der Waals surface area contributed by atoms with Crippen molar-refractivity contribution in [2.45, 2.75) is 27.3 Å². The quantitative estimate of drug-likeness (QED) is 0.523. The van der Waals surface area contributed by atoms with Crippen molar-refractivity contribution in [3.8, 4) is 0 Å². The Morgan fingerprint density at radius 2 is 1.93 bits per heavy atom. The van der Waals surface area contributed by atoms with Crippen molar-refractivity contribution in [1.82, 2.24) is 20.4 Å². The first-order valence-electron chi connectivity index (χ1n) is 9.06. The minimum absolute atomic E-state index is 0.247. The molecule has 1 heterocycles. The molecule has 150 valence electrons. The van der Waals surface area contributed by atoms with E-state index in [1.165, 1.54) is 6.08 Å². The summed E-state index contributed by atoms with van der Waals surface area (Å²) in [6.45, 7) is 7.06. The molecular weight excluding hydrogens is 380 g/mol. The molecule has 7 nitrogen and oxygen atoms in total. The normalized spacial score (nSPS) is 10.9. The third kappa shape index (κ3) is 6.13. The average Bonchev–Trinajstić information content (AvgIpc) is 2.92. The van der Waals surface area contributed by atoms with Gasteiger partial charge in [-0.15, -0.1) is 0 Å². The molecule has 0 saturated carbocycles. The lowest BCUT2D eigenvalue weighted by Crippen LogP contribution is -2.34. The van der Waals surface area contributed by atoms with Gasteiger partial charge < -0.3 is 15.4 Å². The predicted octanol–water partition coefficient (Wildman–Crippen LogP) is 3.08. The number of hydrogen-bond acceptors (Lipinski definition) is 4. The van der Waals surface area contributed by atoms with Gasteiger partial charge in [-0.3, -0.25) is 9.48 Å². The Balaban J connectivity index is 1.93. The Morgan fingerprint density at radius 3 is 2.64 bits per heavy atom. The zero-order valence-corrected chi connectivity index (χ0v) is 17.0. The third-order valence-corrected chi connectivity index (χ3v) is 4.45. The number of rotatable bonds is 8. The van der Waals surface area contributed by atoms with E-state index in [9.17, 15) is 9.59 Å². The number of aryl methyl sites for hydroxylation is 1. The second-order valence-corrected chi connectivity index (χ2v) is 6.51. The minimum atomic E-state index is -0.496. The summed E-state index contributed by atoms with van der Waals surface area (Å²) in [4.78, 5) is 23.1. The van der Waals surface area contributed by atoms with Crippen molar-refractivity contribution in [1.29, 1.82) is 0 Å². The molecule has 0 bridgehead atoms. The van der Waals surface area contributed by atoms with Crippen molar-refractivity contribution in [3.63, 3.8) is 0 Å². The van der Waals surface area contributed by atoms with Gasteiger partial charge in [0.2, 0.25) is 5.91 Å². The standard InChI is InChI=1S/C20H25ClN4O3/c1-4-28-20(27)23-12-11-22-19(26)10-9-17-14(2)24-25(15(17)3)13-16-7-5-6-8-18(16)21/h5-10H,4,11-13H2,1-3H3,(H,22,26)(H,23,27)/b10-9+. The van der Waals surface area contributed by atoms with Crippen molar-refractivity contribution in [3.05, 3.63) is 57.9 Å². The van der Waals surface area contributed by atoms with Crippen LogP contribution >= 0.6 is 11.6 Å². The molecule has 0 aliphatic heterocycles. The minimum Gasteiger partial charge on any atom is -0.450 e. The molecule has 1 aromatic carbocycles. The van der Waals surface area contributed by atoms with Crippen molar-refractivity contribution in [2.24, 2.45) is 0 Å². The van der Waals surface area contributed by atoms with Gasteiger partial charge in [0.05, 0.1) is 18.8 Å². The van der Waals surface area contributed by atoms with E-state index in [0.29, 0.717) is 31.3 Å². The summed E-state index contributed by atoms with van der Waals surface area (Å²) in [7, 11) is 0. The second-order valence-electron chi connectivity index (χ2n) is 6.11. The fraction of sp³-hybridized carbons (Fsp3) is 0.350. The molecule has 2 rings (SSSR count). The Bertz CT molecular complexity index is 861. The second kappa shape index (κ2) is 10.5. The van der Waals surface area contributed by atoms with Crippen LogP contribution < -0.4 is 10.6 Å². The molecule has 0 aliphatic carbocycles. The molecule has 1 aromatic heterocycles. The van der Waals surface area contributed by atoms with Gasteiger partial charge in [-0.05, 0) is 38.5 Å². The van der Waals surface area contributed by atoms with Gasteiger partial charge in [-0.25, -0.2) is 4.79 Å². The summed E-state index contributed by atoms with van der Waals surface area (Å²) in [6.07, 6.45) is 2.71. The summed E-state index contributed by atoms with van der Waals surface area (Å²) in [5.74, 6) is -0.247. The molecule has 2 N–H and O–H groups in total. The largest absolute Gasteiger partial charge is 0.450 e. The highest BCUT2D eigenvalue weighted by molar-refractivity contribution is 6.31. The lowest BCUT2D eigenvalue weighted by molar-refractivity contribution is -0.116. The highest BCUT2D eigenvalue weighted by atomic mass is 35.5. The molecule has 8 heteroatoms. The fourth-order valence-electron chi connectivity index (χ4n) is 2.64. The first kappa shape index (κ1) is 21.5. The van der Waals surface area contributed by atoms with Crippen molar-refractivity contribution >= 4 is 29.7 Å². The molecule has 28 heavy (non-hydrogen) atoms. The van der Waals surface area contributed by atoms with Crippen LogP contribution in [0.2, 0.25) is 5.02 Å². The van der Waals surface area contributed by atoms with E-state index in [1.54, 1.807) is 13.0 Å². The predicted molar refractivity (Wildman–Crippen MR) is 109 cm³/mol. The maximum Gasteiger partial charge on any atom is 0.407 e. The van der Waals surface area contributed by atoms with Crippen LogP contribution in [-0.2, 0) is 16.1 Å². The Kier molecular flexibility index (Phi) is 8.07. The monoisotopic (exact) mass is 404 g/mol. The average molecular weight is 405 g/mol. The first-order valence-corrected chi connectivity index (χ1v) is 9.44. The van der Waals surface area contributed by atoms with E-state index in [1.807, 2.05) is 42.8 Å². The Morgan fingerprint density at radius 1 is 1.21 bits per heavy atom. The van der Waals surface area contributed by atoms with Gasteiger partial charge in [0, 0.05) is 35.4 Å². The Labute approximate surface area is 169 Å². The number of benzene rings is 1. The number of amides is 2. The number of aromatic nitrogens is 2. The van der Waals surface area contributed by atoms with Crippen LogP contribution in [0.15, 0.2) is 30.3 Å². The number of nitrogens with zero attached hydrogens (tertiary/aromatic N) is 2. The lowest BCUT2D eigenvalue weighted by atomic mass is 10.1. The SMILES string of the molecule is CCOC(=O)NCCNC(=O)/C=C/c1c(C)nn(Cc2ccccc2Cl)c1C. The molecule has 2 amide bonds. The van der Waals surface area contributed by atoms with Crippen LogP contribution in [0.1, 0.15) is 29.4 Å². The number of alkyl carbamates (subject to hydrolysis) is 1. The summed E-state index contributed by atoms with van der Waals surface area (Å²) in [5, 5.41) is 10.5. The van der Waals surface area contributed by atoms with Crippen LogP contribution in [0.5, 0.6) is 0 Å². The smallest absolute Gasteiger partial charge is 0.407 e. The first-order chi connectivity index (χ1) is 13.4. The highest BCUT2D eigenvalue weighted by Gasteiger charge is 2.11. The molecule has 0 unspecified atom stereocenters. The number of carbonyl (C=O) groups is 2. The van der Waals surface area contributed by atoms with Crippen LogP contribution in [0, 0.1) is 13.8 Å². The zero-order valence-electron chi connectivity index (χ0n) is 16.3. The maximum atomic E-state index is 12.0. The lowest BCUT2D eigenvalue weighted by Gasteiger charge is -2.07. The van der Waals surface area contributed by atoms with Gasteiger partial charge in [-0.2, -0.15) is 5.10 Å². The van der Waals surface area contributed by atoms with Crippen LogP contribution in [0.25, 0.3) is 6.08 Å². The van der Waals surface area contributed by atoms with Crippen molar-refractivity contribution < 1.29 is 14.3 Å². The Hall–Kier alpha value is -2.80. The zero-order chi connectivity index (χ0) is 20.5. The number of carbonyl (C=O) groups excluding carboxylic acids is 2. The van der Waals surface area contributed by atoms with Crippen molar-refractivity contribution in [2.75, 3.05) is 19.7 Å². The number of ether oxygens (including phenoxy) is 1. The van der Waals surface area contributed by atoms with E-state index in [-0.39, 0.29) is 5.91 Å². The molecule has 0 radical (unpaired) electrons. The van der Waals surface area contributed by atoms with E-state index >= 15 is 0 Å². The molecular formula is C20H25ClN4O3. The van der Waals surface area contributed by atoms with Crippen LogP contribution in [0.4, 0.5) is 4.79 Å². The summed E-state index contributed by atoms with van der Waals surface area (Å²) < 4.78 is 6.61. The van der Waals surface area contributed by atoms with Gasteiger partial charge in [0.25, 0.3) is 0 Å². The van der Waals surface area contributed by atoms with E-state index in [4.69, 9.17) is 16.3 Å². The molecule has 0 saturated heterocycles. The third-order valence-electron chi connectivity index (χ3n) is 4.09. The molecule has 0 spiro atoms. The molecule has 2 aromatic rings. The van der Waals surface area contributed by atoms with Crippen LogP contribution in [-0.4, -0.2) is 41.5 Å². The highest BCUT2D eigenvalue weighted by Crippen LogP contribution is 2.20. The fourth-order valence-corrected chi connectivity index (χ4v) is 2.84. The van der Waals surface area contributed by atoms with Gasteiger partial charge in [0.15, 0.2) is 0 Å². The summed E-state index contributed by atoms with van der Waals surface area (Å²) in [6, 6.07) is 7.65. The summed E-state index contributed by atoms with van der Waals surface area (Å²) in [5.41, 5.74) is 3.66. The topological polar surface area (TPSA) is 85.2 Å². The van der Waals surface area contributed by atoms with Gasteiger partial charge >= 0.3 is 6.09 Å². The van der Waals surface area contributed by atoms with Crippen LogP contribution in [0.3, 0.4) is 0 Å². The number of hydrogen-bond donors (Lipinski definition) is 2. The van der Waals surface area contributed by atoms with E-state index in [0.717, 1.165) is 22.5 Å². The summed E-state index contributed by atoms with van der Waals surface area (Å²) >= 11 is 6.23. The van der Waals surface area contributed by atoms with E-state index in [2.05, 4.69) is 15.7 Å². The molecule has 0 aliphatic rings. The molecule has 0 fully saturated rings. The van der Waals surface area contributed by atoms with Gasteiger partial charge in [0.1, 0.15) is 0 Å². The van der Waals surface area contributed by atoms with E-state index < -0.39 is 6.09 Å².